The number of rotatable bonds is 0. The highest BCUT2D eigenvalue weighted by atomic mass is 14.8. The van der Waals surface area contributed by atoms with Crippen LogP contribution in [0.4, 0.5) is 0 Å². The van der Waals surface area contributed by atoms with Crippen LogP contribution < -0.4 is 0 Å². The Morgan fingerprint density at radius 3 is 2.73 bits per heavy atom. The van der Waals surface area contributed by atoms with Gasteiger partial charge in [-0.15, -0.1) is 0 Å². The smallest absolute Gasteiger partial charge is 0.246 e. The van der Waals surface area contributed by atoms with Gasteiger partial charge in [-0.3, -0.25) is 0 Å². The molecule has 0 aliphatic carbocycles. The molecule has 0 aromatic carbocycles. The molecule has 0 aromatic heterocycles. The zero-order valence-corrected chi connectivity index (χ0v) is 7.47. The Morgan fingerprint density at radius 1 is 1.45 bits per heavy atom. The van der Waals surface area contributed by atoms with Gasteiger partial charge in [-0.05, 0) is 13.8 Å². The Kier molecular flexibility index (Phi) is 1.82. The normalized spacial score (nSPS) is 20.7. The largest absolute Gasteiger partial charge is 0.327 e. The van der Waals surface area contributed by atoms with Crippen molar-refractivity contribution >= 4 is 5.71 Å². The summed E-state index contributed by atoms with van der Waals surface area (Å²) in [5.41, 5.74) is 1.87. The standard InChI is InChI=1S/C9H13N2/c1-7-5-10-8(2)6-11-9(7,3)4/h5H,1-4H3/q+1. The second-order valence-corrected chi connectivity index (χ2v) is 3.31. The third-order valence-electron chi connectivity index (χ3n) is 1.91. The Labute approximate surface area is 67.5 Å². The van der Waals surface area contributed by atoms with Crippen molar-refractivity contribution in [3.05, 3.63) is 16.6 Å². The van der Waals surface area contributed by atoms with Crippen molar-refractivity contribution in [3.8, 4) is 6.07 Å². The summed E-state index contributed by atoms with van der Waals surface area (Å²) in [4.78, 5) is 8.42. The lowest BCUT2D eigenvalue weighted by atomic mass is 9.98. The molecule has 1 heterocycles. The second kappa shape index (κ2) is 2.50. The molecule has 1 rings (SSSR count). The monoisotopic (exact) mass is 149 g/mol. The van der Waals surface area contributed by atoms with Crippen molar-refractivity contribution in [1.29, 1.82) is 0 Å². The van der Waals surface area contributed by atoms with E-state index in [-0.39, 0.29) is 5.54 Å². The van der Waals surface area contributed by atoms with E-state index in [1.807, 2.05) is 20.0 Å². The molecule has 1 aliphatic rings. The molecular weight excluding hydrogens is 136 g/mol. The minimum absolute atomic E-state index is 0.138. The maximum absolute atomic E-state index is 4.27. The third-order valence-corrected chi connectivity index (χ3v) is 1.91. The van der Waals surface area contributed by atoms with Crippen LogP contribution in [0.25, 0.3) is 4.85 Å². The number of hydrogen-bond acceptors (Lipinski definition) is 1. The fourth-order valence-electron chi connectivity index (χ4n) is 0.689. The number of hydrogen-bond donors (Lipinski definition) is 0. The van der Waals surface area contributed by atoms with Crippen LogP contribution in [-0.2, 0) is 0 Å². The molecule has 1 aliphatic heterocycles. The molecule has 2 heteroatoms. The van der Waals surface area contributed by atoms with Gasteiger partial charge in [-0.2, -0.15) is 0 Å². The Balaban J connectivity index is 3.10. The number of aliphatic imine (C=N–C) groups is 1. The molecule has 0 atom stereocenters. The van der Waals surface area contributed by atoms with Gasteiger partial charge in [-0.25, -0.2) is 4.99 Å². The van der Waals surface area contributed by atoms with E-state index < -0.39 is 0 Å². The molecule has 0 amide bonds. The average Bonchev–Trinajstić information content (AvgIpc) is 2.03. The third kappa shape index (κ3) is 1.68. The Bertz CT molecular complexity index is 284. The minimum Gasteiger partial charge on any atom is -0.246 e. The molecule has 0 radical (unpaired) electrons. The maximum Gasteiger partial charge on any atom is 0.327 e. The van der Waals surface area contributed by atoms with Crippen LogP contribution in [0.15, 0.2) is 16.8 Å². The van der Waals surface area contributed by atoms with Crippen LogP contribution >= 0.6 is 0 Å². The molecule has 11 heavy (non-hydrogen) atoms. The van der Waals surface area contributed by atoms with Crippen molar-refractivity contribution in [1.82, 2.24) is 0 Å². The van der Waals surface area contributed by atoms with Crippen molar-refractivity contribution in [2.45, 2.75) is 33.2 Å². The van der Waals surface area contributed by atoms with E-state index in [2.05, 4.69) is 29.8 Å². The van der Waals surface area contributed by atoms with Gasteiger partial charge in [0.1, 0.15) is 0 Å². The first kappa shape index (κ1) is 8.00. The lowest BCUT2D eigenvalue weighted by Crippen LogP contribution is -2.14. The van der Waals surface area contributed by atoms with E-state index in [9.17, 15) is 0 Å². The van der Waals surface area contributed by atoms with Gasteiger partial charge in [-0.1, -0.05) is 4.85 Å². The first-order valence-corrected chi connectivity index (χ1v) is 3.72. The summed E-state index contributed by atoms with van der Waals surface area (Å²) in [7, 11) is 0. The Morgan fingerprint density at radius 2 is 2.09 bits per heavy atom. The topological polar surface area (TPSA) is 16.7 Å². The summed E-state index contributed by atoms with van der Waals surface area (Å²) in [6.45, 7) is 8.04. The molecule has 0 saturated carbocycles. The second-order valence-electron chi connectivity index (χ2n) is 3.31. The Hall–Kier alpha value is -1.10. The lowest BCUT2D eigenvalue weighted by molar-refractivity contribution is 0.719. The first-order chi connectivity index (χ1) is 5.02. The van der Waals surface area contributed by atoms with E-state index in [0.717, 1.165) is 5.71 Å². The predicted octanol–water partition coefficient (Wildman–Crippen LogP) is 2.48. The fourth-order valence-corrected chi connectivity index (χ4v) is 0.689. The molecule has 0 aromatic rings. The van der Waals surface area contributed by atoms with Crippen molar-refractivity contribution in [2.24, 2.45) is 4.99 Å². The molecule has 0 fully saturated rings. The summed E-state index contributed by atoms with van der Waals surface area (Å²) < 4.78 is 0. The van der Waals surface area contributed by atoms with E-state index in [4.69, 9.17) is 0 Å². The highest BCUT2D eigenvalue weighted by Crippen LogP contribution is 2.21. The van der Waals surface area contributed by atoms with Crippen LogP contribution in [-0.4, -0.2) is 11.3 Å². The summed E-state index contributed by atoms with van der Waals surface area (Å²) in [5, 5.41) is 0. The lowest BCUT2D eigenvalue weighted by Gasteiger charge is -2.03. The summed E-state index contributed by atoms with van der Waals surface area (Å²) in [6.07, 6.45) is 1.86. The maximum atomic E-state index is 4.27. The van der Waals surface area contributed by atoms with Crippen LogP contribution in [0.3, 0.4) is 0 Å². The van der Waals surface area contributed by atoms with Crippen molar-refractivity contribution in [2.75, 3.05) is 0 Å². The molecule has 0 saturated heterocycles. The molecule has 2 nitrogen and oxygen atoms in total. The van der Waals surface area contributed by atoms with Gasteiger partial charge in [0.05, 0.1) is 0 Å². The van der Waals surface area contributed by atoms with Gasteiger partial charge in [0, 0.05) is 25.6 Å². The van der Waals surface area contributed by atoms with E-state index in [1.165, 1.54) is 5.57 Å². The van der Waals surface area contributed by atoms with E-state index in [0.29, 0.717) is 0 Å². The summed E-state index contributed by atoms with van der Waals surface area (Å²) in [6, 6.07) is 2.89. The number of nitrogens with zero attached hydrogens (tertiary/aromatic N) is 2. The molecular formula is C9H13N2+. The van der Waals surface area contributed by atoms with Gasteiger partial charge < -0.3 is 0 Å². The molecule has 0 unspecified atom stereocenters. The van der Waals surface area contributed by atoms with E-state index in [1.54, 1.807) is 0 Å². The van der Waals surface area contributed by atoms with Gasteiger partial charge in [0.15, 0.2) is 5.71 Å². The van der Waals surface area contributed by atoms with Gasteiger partial charge >= 0.3 is 6.07 Å². The highest BCUT2D eigenvalue weighted by Gasteiger charge is 2.31. The molecule has 0 spiro atoms. The SMILES string of the molecule is CC1=CN=C(C)C#[N+]C1(C)C. The highest BCUT2D eigenvalue weighted by molar-refractivity contribution is 5.98. The molecule has 0 N–H and O–H groups in total. The van der Waals surface area contributed by atoms with Crippen LogP contribution in [0.2, 0.25) is 0 Å². The molecule has 58 valence electrons. The zero-order valence-electron chi connectivity index (χ0n) is 7.47. The summed E-state index contributed by atoms with van der Waals surface area (Å²) >= 11 is 0. The quantitative estimate of drug-likeness (QED) is 0.503. The average molecular weight is 149 g/mol. The van der Waals surface area contributed by atoms with Crippen LogP contribution in [0.1, 0.15) is 27.7 Å². The fraction of sp³-hybridized carbons (Fsp3) is 0.556. The van der Waals surface area contributed by atoms with Crippen molar-refractivity contribution < 1.29 is 0 Å². The zero-order chi connectivity index (χ0) is 8.48. The summed E-state index contributed by atoms with van der Waals surface area (Å²) in [5.74, 6) is 0. The predicted molar refractivity (Wildman–Crippen MR) is 48.2 cm³/mol. The first-order valence-electron chi connectivity index (χ1n) is 3.72. The van der Waals surface area contributed by atoms with E-state index >= 15 is 0 Å². The minimum atomic E-state index is -0.138. The molecule has 0 bridgehead atoms. The van der Waals surface area contributed by atoms with Gasteiger partial charge in [0.2, 0.25) is 0 Å². The van der Waals surface area contributed by atoms with Crippen LogP contribution in [0.5, 0.6) is 0 Å². The van der Waals surface area contributed by atoms with Gasteiger partial charge in [0.25, 0.3) is 5.54 Å². The van der Waals surface area contributed by atoms with Crippen molar-refractivity contribution in [3.63, 3.8) is 0 Å². The van der Waals surface area contributed by atoms with Crippen LogP contribution in [0, 0.1) is 6.07 Å².